The second-order valence-electron chi connectivity index (χ2n) is 4.18. The fourth-order valence-corrected chi connectivity index (χ4v) is 1.17. The number of nitrogens with one attached hydrogen (secondary N) is 2. The first-order valence-electron chi connectivity index (χ1n) is 5.54. The number of carboxylic acid groups (broad SMARTS) is 2. The zero-order valence-corrected chi connectivity index (χ0v) is 10.3. The Labute approximate surface area is 105 Å². The topological polar surface area (TPSA) is 139 Å². The fourth-order valence-electron chi connectivity index (χ4n) is 1.17. The number of aliphatic hydroxyl groups excluding tert-OH is 2. The Morgan fingerprint density at radius 2 is 1.22 bits per heavy atom. The highest BCUT2D eigenvalue weighted by atomic mass is 16.4. The highest BCUT2D eigenvalue weighted by molar-refractivity contribution is 5.83. The lowest BCUT2D eigenvalue weighted by Crippen LogP contribution is -2.51. The van der Waals surface area contributed by atoms with Crippen molar-refractivity contribution in [2.45, 2.75) is 38.1 Å². The molecule has 1 aliphatic heterocycles. The maximum Gasteiger partial charge on any atom is 0.335 e. The van der Waals surface area contributed by atoms with Crippen LogP contribution < -0.4 is 10.6 Å². The molecular weight excluding hydrogens is 244 g/mol. The van der Waals surface area contributed by atoms with Gasteiger partial charge in [0.2, 0.25) is 0 Å². The number of hydrogen-bond donors (Lipinski definition) is 6. The van der Waals surface area contributed by atoms with Gasteiger partial charge in [0, 0.05) is 25.2 Å². The van der Waals surface area contributed by atoms with E-state index in [-0.39, 0.29) is 0 Å². The molecule has 0 amide bonds. The molecule has 8 nitrogen and oxygen atoms in total. The van der Waals surface area contributed by atoms with Crippen LogP contribution in [0.15, 0.2) is 0 Å². The summed E-state index contributed by atoms with van der Waals surface area (Å²) in [6, 6.07) is 1.32. The van der Waals surface area contributed by atoms with Gasteiger partial charge in [0.05, 0.1) is 0 Å². The van der Waals surface area contributed by atoms with Gasteiger partial charge in [-0.3, -0.25) is 0 Å². The zero-order chi connectivity index (χ0) is 14.3. The molecule has 1 rings (SSSR count). The smallest absolute Gasteiger partial charge is 0.335 e. The molecule has 1 heterocycles. The number of aliphatic hydroxyl groups is 2. The van der Waals surface area contributed by atoms with Crippen molar-refractivity contribution in [3.63, 3.8) is 0 Å². The van der Waals surface area contributed by atoms with E-state index in [0.717, 1.165) is 13.1 Å². The molecular formula is C10H20N2O6. The first-order valence-corrected chi connectivity index (χ1v) is 5.54. The highest BCUT2D eigenvalue weighted by Gasteiger charge is 2.29. The van der Waals surface area contributed by atoms with Gasteiger partial charge in [0.1, 0.15) is 0 Å². The zero-order valence-electron chi connectivity index (χ0n) is 10.3. The van der Waals surface area contributed by atoms with Gasteiger partial charge in [-0.15, -0.1) is 0 Å². The van der Waals surface area contributed by atoms with Crippen LogP contribution in [-0.2, 0) is 9.59 Å². The summed E-state index contributed by atoms with van der Waals surface area (Å²) in [5.41, 5.74) is 0. The second kappa shape index (κ2) is 7.98. The van der Waals surface area contributed by atoms with Crippen molar-refractivity contribution in [2.24, 2.45) is 0 Å². The number of rotatable bonds is 3. The van der Waals surface area contributed by atoms with Crippen LogP contribution >= 0.6 is 0 Å². The lowest BCUT2D eigenvalue weighted by Gasteiger charge is -2.26. The van der Waals surface area contributed by atoms with Gasteiger partial charge in [-0.1, -0.05) is 0 Å². The summed E-state index contributed by atoms with van der Waals surface area (Å²) in [7, 11) is 0. The van der Waals surface area contributed by atoms with Crippen molar-refractivity contribution in [3.8, 4) is 0 Å². The minimum Gasteiger partial charge on any atom is -0.479 e. The predicted octanol–water partition coefficient (Wildman–Crippen LogP) is -2.17. The van der Waals surface area contributed by atoms with Crippen LogP contribution in [0.3, 0.4) is 0 Å². The summed E-state index contributed by atoms with van der Waals surface area (Å²) < 4.78 is 0. The van der Waals surface area contributed by atoms with Crippen molar-refractivity contribution in [2.75, 3.05) is 13.1 Å². The molecule has 0 aromatic heterocycles. The Kier molecular flexibility index (Phi) is 7.44. The number of carboxylic acids is 2. The molecule has 0 aromatic rings. The normalized spacial score (nSPS) is 26.4. The lowest BCUT2D eigenvalue weighted by molar-refractivity contribution is -0.165. The summed E-state index contributed by atoms with van der Waals surface area (Å²) in [5.74, 6) is -3.54. The van der Waals surface area contributed by atoms with Crippen molar-refractivity contribution < 1.29 is 30.0 Å². The van der Waals surface area contributed by atoms with E-state index in [0.29, 0.717) is 12.1 Å². The number of aliphatic carboxylic acids is 2. The van der Waals surface area contributed by atoms with E-state index in [9.17, 15) is 9.59 Å². The standard InChI is InChI=1S/C6H14N2.C4H6O6/c1-5-3-8-6(2)4-7-5;5-1(3(7)8)2(6)4(9)10/h5-8H,3-4H2,1-2H3;1-2,5-6H,(H,7,8)(H,9,10). The van der Waals surface area contributed by atoms with Gasteiger partial charge in [-0.25, -0.2) is 9.59 Å². The molecule has 1 saturated heterocycles. The largest absolute Gasteiger partial charge is 0.479 e. The molecule has 0 saturated carbocycles. The van der Waals surface area contributed by atoms with E-state index < -0.39 is 24.1 Å². The quantitative estimate of drug-likeness (QED) is 0.338. The number of hydrogen-bond acceptors (Lipinski definition) is 6. The summed E-state index contributed by atoms with van der Waals surface area (Å²) in [4.78, 5) is 19.5. The number of carbonyl (C=O) groups is 2. The number of piperazine rings is 1. The average Bonchev–Trinajstić information content (AvgIpc) is 2.31. The Bertz CT molecular complexity index is 250. The van der Waals surface area contributed by atoms with E-state index in [1.165, 1.54) is 0 Å². The Hall–Kier alpha value is -1.22. The summed E-state index contributed by atoms with van der Waals surface area (Å²) in [6.45, 7) is 6.61. The molecule has 0 radical (unpaired) electrons. The van der Waals surface area contributed by atoms with Crippen LogP contribution in [0.5, 0.6) is 0 Å². The monoisotopic (exact) mass is 264 g/mol. The maximum absolute atomic E-state index is 9.77. The third-order valence-electron chi connectivity index (χ3n) is 2.35. The first kappa shape index (κ1) is 16.8. The van der Waals surface area contributed by atoms with E-state index in [2.05, 4.69) is 24.5 Å². The third-order valence-corrected chi connectivity index (χ3v) is 2.35. The summed E-state index contributed by atoms with van der Waals surface area (Å²) >= 11 is 0. The van der Waals surface area contributed by atoms with Gasteiger partial charge < -0.3 is 31.1 Å². The van der Waals surface area contributed by atoms with Gasteiger partial charge in [0.25, 0.3) is 0 Å². The maximum atomic E-state index is 9.77. The molecule has 4 unspecified atom stereocenters. The Morgan fingerprint density at radius 1 is 0.944 bits per heavy atom. The van der Waals surface area contributed by atoms with Crippen LogP contribution in [0.25, 0.3) is 0 Å². The van der Waals surface area contributed by atoms with E-state index >= 15 is 0 Å². The van der Waals surface area contributed by atoms with Crippen molar-refractivity contribution in [3.05, 3.63) is 0 Å². The van der Waals surface area contributed by atoms with Crippen molar-refractivity contribution in [1.29, 1.82) is 0 Å². The molecule has 1 aliphatic rings. The van der Waals surface area contributed by atoms with Crippen LogP contribution in [0.1, 0.15) is 13.8 Å². The van der Waals surface area contributed by atoms with Crippen LogP contribution in [0, 0.1) is 0 Å². The van der Waals surface area contributed by atoms with Gasteiger partial charge in [-0.2, -0.15) is 0 Å². The molecule has 106 valence electrons. The second-order valence-corrected chi connectivity index (χ2v) is 4.18. The molecule has 6 N–H and O–H groups in total. The van der Waals surface area contributed by atoms with Gasteiger partial charge >= 0.3 is 11.9 Å². The molecule has 0 aromatic carbocycles. The molecule has 4 atom stereocenters. The predicted molar refractivity (Wildman–Crippen MR) is 62.2 cm³/mol. The van der Waals surface area contributed by atoms with E-state index in [1.807, 2.05) is 0 Å². The van der Waals surface area contributed by atoms with Crippen LogP contribution in [-0.4, -0.2) is 69.7 Å². The summed E-state index contributed by atoms with van der Waals surface area (Å²) in [6.07, 6.45) is -4.53. The van der Waals surface area contributed by atoms with Gasteiger partial charge in [0.15, 0.2) is 12.2 Å². The Morgan fingerprint density at radius 3 is 1.39 bits per heavy atom. The summed E-state index contributed by atoms with van der Waals surface area (Å²) in [5, 5.41) is 39.3. The molecule has 0 bridgehead atoms. The lowest BCUT2D eigenvalue weighted by atomic mass is 10.2. The SMILES string of the molecule is CC1CNC(C)CN1.O=C(O)C(O)C(O)C(=O)O. The van der Waals surface area contributed by atoms with Crippen molar-refractivity contribution >= 4 is 11.9 Å². The fraction of sp³-hybridized carbons (Fsp3) is 0.800. The first-order chi connectivity index (χ1) is 8.25. The average molecular weight is 264 g/mol. The van der Waals surface area contributed by atoms with E-state index in [4.69, 9.17) is 20.4 Å². The minimum atomic E-state index is -2.27. The third kappa shape index (κ3) is 6.50. The highest BCUT2D eigenvalue weighted by Crippen LogP contribution is 1.92. The van der Waals surface area contributed by atoms with Crippen LogP contribution in [0.4, 0.5) is 0 Å². The molecule has 0 aliphatic carbocycles. The molecule has 18 heavy (non-hydrogen) atoms. The van der Waals surface area contributed by atoms with Crippen LogP contribution in [0.2, 0.25) is 0 Å². The molecule has 0 spiro atoms. The van der Waals surface area contributed by atoms with E-state index in [1.54, 1.807) is 0 Å². The molecule has 8 heteroatoms. The minimum absolute atomic E-state index is 0.659. The van der Waals surface area contributed by atoms with Gasteiger partial charge in [-0.05, 0) is 13.8 Å². The van der Waals surface area contributed by atoms with Crippen molar-refractivity contribution in [1.82, 2.24) is 10.6 Å². The molecule has 1 fully saturated rings. The Balaban J connectivity index is 0.000000327.